The van der Waals surface area contributed by atoms with E-state index in [2.05, 4.69) is 6.58 Å². The van der Waals surface area contributed by atoms with E-state index >= 15 is 0 Å². The smallest absolute Gasteiger partial charge is 0.347 e. The summed E-state index contributed by atoms with van der Waals surface area (Å²) in [6.45, 7) is 6.29. The average Bonchev–Trinajstić information content (AvgIpc) is 2.89. The van der Waals surface area contributed by atoms with Gasteiger partial charge in [0, 0.05) is 5.57 Å². The second kappa shape index (κ2) is 15.6. The Balaban J connectivity index is 1.61. The molecule has 0 aliphatic rings. The minimum atomic E-state index is -1.23. The van der Waals surface area contributed by atoms with Crippen molar-refractivity contribution >= 4 is 23.9 Å². The van der Waals surface area contributed by atoms with Crippen molar-refractivity contribution in [3.63, 3.8) is 0 Å². The van der Waals surface area contributed by atoms with E-state index in [0.717, 1.165) is 0 Å². The van der Waals surface area contributed by atoms with Crippen LogP contribution >= 0.6 is 0 Å². The maximum atomic E-state index is 12.2. The molecule has 0 aliphatic carbocycles. The molecule has 2 rings (SSSR count). The van der Waals surface area contributed by atoms with Gasteiger partial charge in [0.15, 0.2) is 12.2 Å². The molecule has 198 valence electrons. The van der Waals surface area contributed by atoms with Crippen LogP contribution in [-0.4, -0.2) is 62.5 Å². The molecule has 0 aliphatic heterocycles. The fourth-order valence-electron chi connectivity index (χ4n) is 2.70. The molecule has 0 aromatic heterocycles. The predicted molar refractivity (Wildman–Crippen MR) is 131 cm³/mol. The van der Waals surface area contributed by atoms with Crippen molar-refractivity contribution in [2.75, 3.05) is 26.4 Å². The van der Waals surface area contributed by atoms with E-state index in [1.807, 2.05) is 36.4 Å². The minimum absolute atomic E-state index is 0.0407. The van der Waals surface area contributed by atoms with Crippen LogP contribution in [0.5, 0.6) is 11.5 Å². The standard InChI is InChI=1S/C27H30O10/c1-19(25(29)37-21(3)27(31)35-17-15-33-23-12-8-5-9-13-23)18-24(28)36-20(2)26(30)34-16-14-32-22-10-6-4-7-11-22/h4-13,20-21H,1,14-18H2,2-3H3. The van der Waals surface area contributed by atoms with Gasteiger partial charge in [-0.1, -0.05) is 43.0 Å². The molecule has 0 amide bonds. The van der Waals surface area contributed by atoms with Crippen molar-refractivity contribution in [2.24, 2.45) is 0 Å². The lowest BCUT2D eigenvalue weighted by atomic mass is 10.2. The van der Waals surface area contributed by atoms with Gasteiger partial charge in [-0.05, 0) is 38.1 Å². The van der Waals surface area contributed by atoms with E-state index in [0.29, 0.717) is 11.5 Å². The van der Waals surface area contributed by atoms with Gasteiger partial charge in [0.25, 0.3) is 0 Å². The van der Waals surface area contributed by atoms with Gasteiger partial charge < -0.3 is 28.4 Å². The number of para-hydroxylation sites is 2. The minimum Gasteiger partial charge on any atom is -0.490 e. The van der Waals surface area contributed by atoms with E-state index in [4.69, 9.17) is 28.4 Å². The second-order valence-electron chi connectivity index (χ2n) is 7.62. The molecule has 0 N–H and O–H groups in total. The van der Waals surface area contributed by atoms with E-state index in [1.165, 1.54) is 13.8 Å². The summed E-state index contributed by atoms with van der Waals surface area (Å²) in [7, 11) is 0. The summed E-state index contributed by atoms with van der Waals surface area (Å²) in [4.78, 5) is 48.2. The zero-order valence-corrected chi connectivity index (χ0v) is 20.8. The molecule has 0 heterocycles. The Hall–Kier alpha value is -4.34. The molecule has 0 radical (unpaired) electrons. The van der Waals surface area contributed by atoms with E-state index in [9.17, 15) is 19.2 Å². The van der Waals surface area contributed by atoms with Crippen molar-refractivity contribution in [3.05, 3.63) is 72.8 Å². The van der Waals surface area contributed by atoms with Crippen LogP contribution in [-0.2, 0) is 38.1 Å². The largest absolute Gasteiger partial charge is 0.490 e. The second-order valence-corrected chi connectivity index (χ2v) is 7.62. The van der Waals surface area contributed by atoms with Gasteiger partial charge in [-0.3, -0.25) is 4.79 Å². The Kier molecular flexibility index (Phi) is 12.2. The quantitative estimate of drug-likeness (QED) is 0.152. The van der Waals surface area contributed by atoms with Gasteiger partial charge in [-0.25, -0.2) is 14.4 Å². The molecule has 2 aromatic carbocycles. The number of hydrogen-bond acceptors (Lipinski definition) is 10. The molecule has 2 atom stereocenters. The first kappa shape index (κ1) is 28.9. The topological polar surface area (TPSA) is 124 Å². The summed E-state index contributed by atoms with van der Waals surface area (Å²) < 4.78 is 30.8. The van der Waals surface area contributed by atoms with Crippen molar-refractivity contribution < 1.29 is 47.6 Å². The molecule has 37 heavy (non-hydrogen) atoms. The highest BCUT2D eigenvalue weighted by atomic mass is 16.6. The molecule has 2 unspecified atom stereocenters. The molecule has 10 nitrogen and oxygen atoms in total. The van der Waals surface area contributed by atoms with Crippen molar-refractivity contribution in [3.8, 4) is 11.5 Å². The van der Waals surface area contributed by atoms with Gasteiger partial charge in [0.05, 0.1) is 6.42 Å². The van der Waals surface area contributed by atoms with E-state index in [1.54, 1.807) is 24.3 Å². The summed E-state index contributed by atoms with van der Waals surface area (Å²) in [6.07, 6.45) is -2.98. The maximum Gasteiger partial charge on any atom is 0.347 e. The maximum absolute atomic E-state index is 12.2. The van der Waals surface area contributed by atoms with Crippen LogP contribution in [0.2, 0.25) is 0 Å². The molecule has 2 aromatic rings. The number of esters is 4. The molecule has 0 bridgehead atoms. The first-order chi connectivity index (χ1) is 17.8. The zero-order valence-electron chi connectivity index (χ0n) is 20.8. The normalized spacial score (nSPS) is 11.8. The first-order valence-electron chi connectivity index (χ1n) is 11.5. The van der Waals surface area contributed by atoms with Gasteiger partial charge >= 0.3 is 23.9 Å². The van der Waals surface area contributed by atoms with Crippen LogP contribution in [0.3, 0.4) is 0 Å². The molecule has 0 saturated carbocycles. The van der Waals surface area contributed by atoms with E-state index in [-0.39, 0.29) is 32.0 Å². The molecule has 0 saturated heterocycles. The fourth-order valence-corrected chi connectivity index (χ4v) is 2.70. The van der Waals surface area contributed by atoms with Crippen molar-refractivity contribution in [1.82, 2.24) is 0 Å². The average molecular weight is 515 g/mol. The number of carbonyl (C=O) groups is 4. The zero-order chi connectivity index (χ0) is 27.0. The SMILES string of the molecule is C=C(CC(=O)OC(C)C(=O)OCCOc1ccccc1)C(=O)OC(C)C(=O)OCCOc1ccccc1. The monoisotopic (exact) mass is 514 g/mol. The Morgan fingerprint density at radius 2 is 1.11 bits per heavy atom. The molecule has 0 fully saturated rings. The highest BCUT2D eigenvalue weighted by Gasteiger charge is 2.24. The van der Waals surface area contributed by atoms with Crippen molar-refractivity contribution in [1.29, 1.82) is 0 Å². The van der Waals surface area contributed by atoms with Gasteiger partial charge in [-0.15, -0.1) is 0 Å². The Bertz CT molecular complexity index is 1040. The lowest BCUT2D eigenvalue weighted by Gasteiger charge is -2.15. The van der Waals surface area contributed by atoms with Crippen LogP contribution in [0, 0.1) is 0 Å². The summed E-state index contributed by atoms with van der Waals surface area (Å²) in [6, 6.07) is 18.0. The summed E-state index contributed by atoms with van der Waals surface area (Å²) in [5, 5.41) is 0. The number of ether oxygens (including phenoxy) is 6. The number of benzene rings is 2. The van der Waals surface area contributed by atoms with Crippen LogP contribution in [0.15, 0.2) is 72.8 Å². The molecular weight excluding hydrogens is 484 g/mol. The third-order valence-electron chi connectivity index (χ3n) is 4.58. The highest BCUT2D eigenvalue weighted by Crippen LogP contribution is 2.10. The van der Waals surface area contributed by atoms with Gasteiger partial charge in [-0.2, -0.15) is 0 Å². The molecular formula is C27H30O10. The van der Waals surface area contributed by atoms with E-state index < -0.39 is 42.5 Å². The molecule has 10 heteroatoms. The van der Waals surface area contributed by atoms with Gasteiger partial charge in [0.2, 0.25) is 0 Å². The lowest BCUT2D eigenvalue weighted by Crippen LogP contribution is -2.30. The lowest BCUT2D eigenvalue weighted by molar-refractivity contribution is -0.168. The van der Waals surface area contributed by atoms with Crippen LogP contribution in [0.4, 0.5) is 0 Å². The third-order valence-corrected chi connectivity index (χ3v) is 4.58. The van der Waals surface area contributed by atoms with Gasteiger partial charge in [0.1, 0.15) is 37.9 Å². The first-order valence-corrected chi connectivity index (χ1v) is 11.5. The summed E-state index contributed by atoms with van der Waals surface area (Å²) in [5.74, 6) is -2.17. The highest BCUT2D eigenvalue weighted by molar-refractivity contribution is 5.95. The fraction of sp³-hybridized carbons (Fsp3) is 0.333. The van der Waals surface area contributed by atoms with Crippen LogP contribution in [0.25, 0.3) is 0 Å². The van der Waals surface area contributed by atoms with Crippen molar-refractivity contribution in [2.45, 2.75) is 32.5 Å². The molecule has 0 spiro atoms. The summed E-state index contributed by atoms with van der Waals surface area (Å²) in [5.41, 5.74) is -0.256. The number of carbonyl (C=O) groups excluding carboxylic acids is 4. The Labute approximate surface area is 215 Å². The van der Waals surface area contributed by atoms with Crippen LogP contribution < -0.4 is 9.47 Å². The Morgan fingerprint density at radius 1 is 0.676 bits per heavy atom. The Morgan fingerprint density at radius 3 is 1.57 bits per heavy atom. The predicted octanol–water partition coefficient (Wildman–Crippen LogP) is 3.04. The summed E-state index contributed by atoms with van der Waals surface area (Å²) >= 11 is 0. The number of hydrogen-bond donors (Lipinski definition) is 0. The number of rotatable bonds is 15. The van der Waals surface area contributed by atoms with Crippen LogP contribution in [0.1, 0.15) is 20.3 Å². The third kappa shape index (κ3) is 11.3.